The van der Waals surface area contributed by atoms with Crippen molar-refractivity contribution >= 4 is 5.91 Å². The number of halogens is 1. The molecule has 30 heavy (non-hydrogen) atoms. The number of oxazole rings is 1. The van der Waals surface area contributed by atoms with Crippen LogP contribution in [0.15, 0.2) is 59.1 Å². The molecule has 0 atom stereocenters. The molecule has 1 saturated carbocycles. The molecule has 5 heteroatoms. The number of aryl methyl sites for hydroxylation is 1. The van der Waals surface area contributed by atoms with Crippen molar-refractivity contribution in [3.05, 3.63) is 77.6 Å². The van der Waals surface area contributed by atoms with Crippen molar-refractivity contribution in [2.45, 2.75) is 58.0 Å². The Hall–Kier alpha value is -2.95. The summed E-state index contributed by atoms with van der Waals surface area (Å²) < 4.78 is 18.9. The lowest BCUT2D eigenvalue weighted by Crippen LogP contribution is -2.32. The summed E-state index contributed by atoms with van der Waals surface area (Å²) in [4.78, 5) is 19.2. The highest BCUT2D eigenvalue weighted by Crippen LogP contribution is 2.30. The number of amides is 1. The molecule has 1 aliphatic rings. The van der Waals surface area contributed by atoms with E-state index in [1.165, 1.54) is 17.7 Å². The van der Waals surface area contributed by atoms with Gasteiger partial charge in [0, 0.05) is 31.0 Å². The van der Waals surface area contributed by atoms with E-state index in [1.54, 1.807) is 18.3 Å². The topological polar surface area (TPSA) is 46.3 Å². The molecule has 156 valence electrons. The van der Waals surface area contributed by atoms with E-state index in [-0.39, 0.29) is 11.7 Å². The second kappa shape index (κ2) is 8.82. The fraction of sp³-hybridized carbons (Fsp3) is 0.360. The molecule has 0 spiro atoms. The summed E-state index contributed by atoms with van der Waals surface area (Å²) >= 11 is 0. The van der Waals surface area contributed by atoms with Crippen LogP contribution in [0.3, 0.4) is 0 Å². The van der Waals surface area contributed by atoms with Gasteiger partial charge in [0.1, 0.15) is 5.82 Å². The predicted molar refractivity (Wildman–Crippen MR) is 114 cm³/mol. The van der Waals surface area contributed by atoms with E-state index in [2.05, 4.69) is 43.1 Å². The van der Waals surface area contributed by atoms with Gasteiger partial charge in [0.05, 0.1) is 6.20 Å². The third-order valence-corrected chi connectivity index (χ3v) is 5.54. The number of carbonyl (C=O) groups excluding carboxylic acids is 1. The number of benzene rings is 2. The first-order valence-electron chi connectivity index (χ1n) is 10.6. The average molecular weight is 407 g/mol. The van der Waals surface area contributed by atoms with Crippen LogP contribution in [0.2, 0.25) is 0 Å². The number of hydrogen-bond donors (Lipinski definition) is 0. The Kier molecular flexibility index (Phi) is 5.98. The first-order chi connectivity index (χ1) is 14.5. The van der Waals surface area contributed by atoms with E-state index in [0.29, 0.717) is 43.0 Å². The van der Waals surface area contributed by atoms with Gasteiger partial charge in [-0.3, -0.25) is 4.79 Å². The minimum Gasteiger partial charge on any atom is -0.441 e. The van der Waals surface area contributed by atoms with E-state index in [0.717, 1.165) is 24.0 Å². The average Bonchev–Trinajstić information content (AvgIpc) is 3.48. The monoisotopic (exact) mass is 406 g/mol. The fourth-order valence-corrected chi connectivity index (χ4v) is 3.54. The smallest absolute Gasteiger partial charge is 0.223 e. The summed E-state index contributed by atoms with van der Waals surface area (Å²) in [6.45, 7) is 5.01. The fourth-order valence-electron chi connectivity index (χ4n) is 3.54. The number of hydrogen-bond acceptors (Lipinski definition) is 3. The highest BCUT2D eigenvalue weighted by molar-refractivity contribution is 5.77. The maximum Gasteiger partial charge on any atom is 0.223 e. The molecule has 0 aliphatic heterocycles. The van der Waals surface area contributed by atoms with Crippen LogP contribution in [-0.2, 0) is 17.8 Å². The molecular weight excluding hydrogens is 379 g/mol. The Morgan fingerprint density at radius 1 is 1.13 bits per heavy atom. The number of aromatic nitrogens is 1. The lowest BCUT2D eigenvalue weighted by Gasteiger charge is -2.22. The van der Waals surface area contributed by atoms with Crippen molar-refractivity contribution in [3.8, 4) is 11.3 Å². The normalized spacial score (nSPS) is 13.6. The van der Waals surface area contributed by atoms with E-state index in [4.69, 9.17) is 4.42 Å². The first-order valence-corrected chi connectivity index (χ1v) is 10.6. The number of nitrogens with zero attached hydrogens (tertiary/aromatic N) is 2. The summed E-state index contributed by atoms with van der Waals surface area (Å²) in [6.07, 6.45) is 4.59. The van der Waals surface area contributed by atoms with Gasteiger partial charge < -0.3 is 9.32 Å². The summed E-state index contributed by atoms with van der Waals surface area (Å²) in [7, 11) is 0. The van der Waals surface area contributed by atoms with Gasteiger partial charge in [0.25, 0.3) is 0 Å². The maximum atomic E-state index is 13.1. The van der Waals surface area contributed by atoms with Crippen molar-refractivity contribution in [3.63, 3.8) is 0 Å². The highest BCUT2D eigenvalue weighted by atomic mass is 19.1. The van der Waals surface area contributed by atoms with Gasteiger partial charge in [-0.1, -0.05) is 38.1 Å². The molecule has 0 radical (unpaired) electrons. The van der Waals surface area contributed by atoms with Gasteiger partial charge in [-0.25, -0.2) is 9.37 Å². The van der Waals surface area contributed by atoms with Crippen molar-refractivity contribution < 1.29 is 13.6 Å². The Bertz CT molecular complexity index is 989. The van der Waals surface area contributed by atoms with Crippen LogP contribution in [0.25, 0.3) is 11.3 Å². The van der Waals surface area contributed by atoms with Crippen LogP contribution in [0, 0.1) is 5.82 Å². The zero-order valence-corrected chi connectivity index (χ0v) is 17.5. The minimum absolute atomic E-state index is 0.131. The molecule has 2 aromatic carbocycles. The second-order valence-electron chi connectivity index (χ2n) is 8.27. The van der Waals surface area contributed by atoms with Crippen LogP contribution < -0.4 is 0 Å². The van der Waals surface area contributed by atoms with Crippen LogP contribution >= 0.6 is 0 Å². The van der Waals surface area contributed by atoms with Crippen LogP contribution in [-0.4, -0.2) is 21.8 Å². The van der Waals surface area contributed by atoms with Crippen LogP contribution in [0.4, 0.5) is 4.39 Å². The molecule has 3 aromatic rings. The van der Waals surface area contributed by atoms with E-state index < -0.39 is 0 Å². The molecule has 4 nitrogen and oxygen atoms in total. The Morgan fingerprint density at radius 2 is 1.83 bits per heavy atom. The van der Waals surface area contributed by atoms with Crippen molar-refractivity contribution in [2.24, 2.45) is 0 Å². The molecule has 1 aromatic heterocycles. The number of carbonyl (C=O) groups is 1. The summed E-state index contributed by atoms with van der Waals surface area (Å²) in [5, 5.41) is 0. The first kappa shape index (κ1) is 20.3. The Balaban J connectivity index is 1.36. The van der Waals surface area contributed by atoms with Gasteiger partial charge in [-0.05, 0) is 54.2 Å². The van der Waals surface area contributed by atoms with E-state index >= 15 is 0 Å². The third-order valence-electron chi connectivity index (χ3n) is 5.54. The summed E-state index contributed by atoms with van der Waals surface area (Å²) in [6, 6.07) is 15.0. The highest BCUT2D eigenvalue weighted by Gasteiger charge is 2.32. The van der Waals surface area contributed by atoms with Crippen molar-refractivity contribution in [1.82, 2.24) is 9.88 Å². The summed E-state index contributed by atoms with van der Waals surface area (Å²) in [5.74, 6) is 1.46. The Labute approximate surface area is 176 Å². The van der Waals surface area contributed by atoms with Gasteiger partial charge in [0.15, 0.2) is 11.7 Å². The molecule has 0 bridgehead atoms. The molecule has 1 amide bonds. The molecule has 0 saturated heterocycles. The van der Waals surface area contributed by atoms with E-state index in [9.17, 15) is 9.18 Å². The molecule has 4 rings (SSSR count). The molecule has 1 heterocycles. The van der Waals surface area contributed by atoms with E-state index in [1.807, 2.05) is 4.90 Å². The lowest BCUT2D eigenvalue weighted by atomic mass is 10.0. The van der Waals surface area contributed by atoms with Crippen LogP contribution in [0.1, 0.15) is 56.0 Å². The number of rotatable bonds is 8. The van der Waals surface area contributed by atoms with Gasteiger partial charge in [0.2, 0.25) is 5.91 Å². The van der Waals surface area contributed by atoms with Gasteiger partial charge >= 0.3 is 0 Å². The van der Waals surface area contributed by atoms with Crippen molar-refractivity contribution in [1.29, 1.82) is 0 Å². The minimum atomic E-state index is -0.289. The standard InChI is InChI=1S/C25H27FN2O2/c1-17(2)19-5-3-18(4-6-19)16-28(22-11-12-22)25(29)14-13-24-27-15-23(30-24)20-7-9-21(26)10-8-20/h3-10,15,17,22H,11-14,16H2,1-2H3. The Morgan fingerprint density at radius 3 is 2.47 bits per heavy atom. The quantitative estimate of drug-likeness (QED) is 0.480. The third kappa shape index (κ3) is 4.96. The largest absolute Gasteiger partial charge is 0.441 e. The zero-order valence-electron chi connectivity index (χ0n) is 17.5. The molecule has 1 fully saturated rings. The predicted octanol–water partition coefficient (Wildman–Crippen LogP) is 5.73. The second-order valence-corrected chi connectivity index (χ2v) is 8.27. The zero-order chi connectivity index (χ0) is 21.1. The summed E-state index contributed by atoms with van der Waals surface area (Å²) in [5.41, 5.74) is 3.24. The molecule has 0 N–H and O–H groups in total. The maximum absolute atomic E-state index is 13.1. The van der Waals surface area contributed by atoms with Gasteiger partial charge in [-0.15, -0.1) is 0 Å². The SMILES string of the molecule is CC(C)c1ccc(CN(C(=O)CCc2ncc(-c3ccc(F)cc3)o2)C2CC2)cc1. The molecule has 1 aliphatic carbocycles. The molecule has 0 unspecified atom stereocenters. The lowest BCUT2D eigenvalue weighted by molar-refractivity contribution is -0.132. The van der Waals surface area contributed by atoms with Gasteiger partial charge in [-0.2, -0.15) is 0 Å². The molecular formula is C25H27FN2O2. The van der Waals surface area contributed by atoms with Crippen LogP contribution in [0.5, 0.6) is 0 Å². The van der Waals surface area contributed by atoms with Crippen molar-refractivity contribution in [2.75, 3.05) is 0 Å².